The van der Waals surface area contributed by atoms with E-state index in [4.69, 9.17) is 9.15 Å². The highest BCUT2D eigenvalue weighted by molar-refractivity contribution is 7.20. The molecule has 33 heavy (non-hydrogen) atoms. The molecule has 5 rings (SSSR count). The molecule has 0 saturated carbocycles. The minimum absolute atomic E-state index is 0.204. The van der Waals surface area contributed by atoms with E-state index in [0.29, 0.717) is 42.6 Å². The number of carbonyl (C=O) groups is 2. The first-order valence-corrected chi connectivity index (χ1v) is 12.0. The van der Waals surface area contributed by atoms with E-state index in [-0.39, 0.29) is 11.8 Å². The number of amides is 2. The van der Waals surface area contributed by atoms with Crippen LogP contribution in [-0.4, -0.2) is 54.5 Å². The van der Waals surface area contributed by atoms with Crippen molar-refractivity contribution in [2.75, 3.05) is 43.1 Å². The van der Waals surface area contributed by atoms with E-state index in [0.717, 1.165) is 48.7 Å². The minimum atomic E-state index is -0.219. The van der Waals surface area contributed by atoms with Crippen LogP contribution >= 0.6 is 11.3 Å². The second kappa shape index (κ2) is 9.76. The van der Waals surface area contributed by atoms with Crippen molar-refractivity contribution in [2.24, 2.45) is 0 Å². The Labute approximate surface area is 196 Å². The number of nitrogens with one attached hydrogen (secondary N) is 1. The molecule has 2 fully saturated rings. The molecule has 2 saturated heterocycles. The van der Waals surface area contributed by atoms with Gasteiger partial charge in [-0.3, -0.25) is 14.9 Å². The number of anilines is 2. The van der Waals surface area contributed by atoms with Gasteiger partial charge in [-0.05, 0) is 42.7 Å². The molecule has 2 aliphatic heterocycles. The van der Waals surface area contributed by atoms with Crippen molar-refractivity contribution in [2.45, 2.75) is 25.8 Å². The largest absolute Gasteiger partial charge is 0.463 e. The summed E-state index contributed by atoms with van der Waals surface area (Å²) in [5.74, 6) is 0.656. The van der Waals surface area contributed by atoms with Crippen LogP contribution in [0.5, 0.6) is 0 Å². The molecule has 4 heterocycles. The number of piperidine rings is 1. The van der Waals surface area contributed by atoms with E-state index in [9.17, 15) is 9.59 Å². The highest BCUT2D eigenvalue weighted by Gasteiger charge is 2.23. The fourth-order valence-electron chi connectivity index (χ4n) is 4.10. The van der Waals surface area contributed by atoms with Gasteiger partial charge >= 0.3 is 0 Å². The standard InChI is InChI=1S/C24H26N4O4S/c29-20-5-1-2-10-28(20)16-17-6-8-18(9-7-17)22(30)26-24-25-21(19-4-3-13-32-19)23(33-24)27-11-14-31-15-12-27/h3-4,6-9,13H,1-2,5,10-12,14-16H2,(H,25,26,30). The number of rotatable bonds is 6. The summed E-state index contributed by atoms with van der Waals surface area (Å²) in [7, 11) is 0. The maximum atomic E-state index is 12.9. The fourth-order valence-corrected chi connectivity index (χ4v) is 5.12. The van der Waals surface area contributed by atoms with E-state index < -0.39 is 0 Å². The van der Waals surface area contributed by atoms with E-state index in [1.165, 1.54) is 11.3 Å². The van der Waals surface area contributed by atoms with E-state index in [1.54, 1.807) is 18.4 Å². The maximum absolute atomic E-state index is 12.9. The highest BCUT2D eigenvalue weighted by atomic mass is 32.1. The second-order valence-corrected chi connectivity index (χ2v) is 9.15. The maximum Gasteiger partial charge on any atom is 0.257 e. The van der Waals surface area contributed by atoms with E-state index in [1.807, 2.05) is 29.2 Å². The Bertz CT molecular complexity index is 1100. The van der Waals surface area contributed by atoms with Crippen molar-refractivity contribution >= 4 is 33.3 Å². The number of morpholine rings is 1. The first-order chi connectivity index (χ1) is 16.2. The third-order valence-corrected chi connectivity index (χ3v) is 6.93. The van der Waals surface area contributed by atoms with Crippen molar-refractivity contribution in [1.29, 1.82) is 0 Å². The lowest BCUT2D eigenvalue weighted by Gasteiger charge is -2.27. The molecule has 0 bridgehead atoms. The Balaban J connectivity index is 1.29. The van der Waals surface area contributed by atoms with Crippen molar-refractivity contribution in [3.8, 4) is 11.5 Å². The van der Waals surface area contributed by atoms with Gasteiger partial charge in [0.1, 0.15) is 10.7 Å². The number of ether oxygens (including phenoxy) is 1. The molecule has 9 heteroatoms. The monoisotopic (exact) mass is 466 g/mol. The Morgan fingerprint density at radius 2 is 1.91 bits per heavy atom. The van der Waals surface area contributed by atoms with Crippen LogP contribution in [0.4, 0.5) is 10.1 Å². The van der Waals surface area contributed by atoms with Crippen LogP contribution in [0, 0.1) is 0 Å². The normalized spacial score (nSPS) is 16.8. The number of thiazole rings is 1. The van der Waals surface area contributed by atoms with Gasteiger partial charge in [0.25, 0.3) is 5.91 Å². The Kier molecular flexibility index (Phi) is 6.41. The summed E-state index contributed by atoms with van der Waals surface area (Å²) in [4.78, 5) is 33.7. The summed E-state index contributed by atoms with van der Waals surface area (Å²) in [6, 6.07) is 11.1. The minimum Gasteiger partial charge on any atom is -0.463 e. The third-order valence-electron chi connectivity index (χ3n) is 5.89. The Morgan fingerprint density at radius 1 is 1.09 bits per heavy atom. The third kappa shape index (κ3) is 4.94. The molecule has 2 aromatic heterocycles. The van der Waals surface area contributed by atoms with Gasteiger partial charge in [0.2, 0.25) is 5.91 Å². The number of nitrogens with zero attached hydrogens (tertiary/aromatic N) is 3. The van der Waals surface area contributed by atoms with E-state index >= 15 is 0 Å². The number of likely N-dealkylation sites (tertiary alicyclic amines) is 1. The van der Waals surface area contributed by atoms with Crippen LogP contribution in [0.2, 0.25) is 0 Å². The van der Waals surface area contributed by atoms with Crippen molar-refractivity contribution in [3.05, 3.63) is 53.8 Å². The SMILES string of the molecule is O=C(Nc1nc(-c2ccco2)c(N2CCOCC2)s1)c1ccc(CN2CCCCC2=O)cc1. The number of furan rings is 1. The average Bonchev–Trinajstić information content (AvgIpc) is 3.52. The zero-order valence-electron chi connectivity index (χ0n) is 18.3. The molecule has 2 aliphatic rings. The lowest BCUT2D eigenvalue weighted by molar-refractivity contribution is -0.133. The first kappa shape index (κ1) is 21.7. The predicted octanol–water partition coefficient (Wildman–Crippen LogP) is 4.00. The average molecular weight is 467 g/mol. The van der Waals surface area contributed by atoms with Gasteiger partial charge < -0.3 is 19.0 Å². The molecule has 3 aromatic rings. The zero-order valence-corrected chi connectivity index (χ0v) is 19.1. The second-order valence-electron chi connectivity index (χ2n) is 8.17. The van der Waals surface area contributed by atoms with Gasteiger partial charge in [0, 0.05) is 38.2 Å². The Hall–Kier alpha value is -3.17. The molecule has 0 radical (unpaired) electrons. The molecule has 0 atom stereocenters. The lowest BCUT2D eigenvalue weighted by atomic mass is 10.1. The van der Waals surface area contributed by atoms with Gasteiger partial charge in [0.15, 0.2) is 10.9 Å². The molecule has 0 unspecified atom stereocenters. The first-order valence-electron chi connectivity index (χ1n) is 11.2. The van der Waals surface area contributed by atoms with E-state index in [2.05, 4.69) is 15.2 Å². The van der Waals surface area contributed by atoms with Gasteiger partial charge in [0.05, 0.1) is 19.5 Å². The molecule has 172 valence electrons. The summed E-state index contributed by atoms with van der Waals surface area (Å²) < 4.78 is 11.1. The molecular weight excluding hydrogens is 440 g/mol. The highest BCUT2D eigenvalue weighted by Crippen LogP contribution is 2.39. The number of carbonyl (C=O) groups excluding carboxylic acids is 2. The predicted molar refractivity (Wildman–Crippen MR) is 127 cm³/mol. The molecule has 0 aliphatic carbocycles. The molecule has 1 N–H and O–H groups in total. The number of benzene rings is 1. The van der Waals surface area contributed by atoms with Crippen molar-refractivity contribution in [3.63, 3.8) is 0 Å². The van der Waals surface area contributed by atoms with Gasteiger partial charge in [-0.2, -0.15) is 0 Å². The van der Waals surface area contributed by atoms with Crippen LogP contribution < -0.4 is 10.2 Å². The summed E-state index contributed by atoms with van der Waals surface area (Å²) in [6.07, 6.45) is 4.27. The summed E-state index contributed by atoms with van der Waals surface area (Å²) in [6.45, 7) is 4.24. The summed E-state index contributed by atoms with van der Waals surface area (Å²) in [5, 5.41) is 4.42. The van der Waals surface area contributed by atoms with Crippen LogP contribution in [0.1, 0.15) is 35.2 Å². The van der Waals surface area contributed by atoms with Gasteiger partial charge in [-0.15, -0.1) is 0 Å². The molecular formula is C24H26N4O4S. The van der Waals surface area contributed by atoms with Crippen LogP contribution in [0.3, 0.4) is 0 Å². The van der Waals surface area contributed by atoms with Gasteiger partial charge in [-0.25, -0.2) is 4.98 Å². The summed E-state index contributed by atoms with van der Waals surface area (Å²) in [5.41, 5.74) is 2.29. The van der Waals surface area contributed by atoms with Gasteiger partial charge in [-0.1, -0.05) is 23.5 Å². The Morgan fingerprint density at radius 3 is 2.64 bits per heavy atom. The van der Waals surface area contributed by atoms with Crippen LogP contribution in [0.25, 0.3) is 11.5 Å². The number of hydrogen-bond acceptors (Lipinski definition) is 7. The molecule has 0 spiro atoms. The van der Waals surface area contributed by atoms with Crippen LogP contribution in [-0.2, 0) is 16.1 Å². The van der Waals surface area contributed by atoms with Crippen molar-refractivity contribution in [1.82, 2.24) is 9.88 Å². The smallest absolute Gasteiger partial charge is 0.257 e. The zero-order chi connectivity index (χ0) is 22.6. The number of aromatic nitrogens is 1. The van der Waals surface area contributed by atoms with Crippen molar-refractivity contribution < 1.29 is 18.7 Å². The fraction of sp³-hybridized carbons (Fsp3) is 0.375. The quantitative estimate of drug-likeness (QED) is 0.591. The molecule has 2 amide bonds. The van der Waals surface area contributed by atoms with Crippen LogP contribution in [0.15, 0.2) is 47.1 Å². The topological polar surface area (TPSA) is 87.9 Å². The molecule has 8 nitrogen and oxygen atoms in total. The lowest BCUT2D eigenvalue weighted by Crippen LogP contribution is -2.35. The molecule has 1 aromatic carbocycles. The number of hydrogen-bond donors (Lipinski definition) is 1. The summed E-state index contributed by atoms with van der Waals surface area (Å²) >= 11 is 1.44.